The minimum atomic E-state index is 0.717. The van der Waals surface area contributed by atoms with Crippen LogP contribution in [0, 0.1) is 0 Å². The number of imidazole rings is 1. The highest BCUT2D eigenvalue weighted by molar-refractivity contribution is 6.30. The first kappa shape index (κ1) is 20.1. The topological polar surface area (TPSA) is 30.7 Å². The molecule has 0 fully saturated rings. The van der Waals surface area contributed by atoms with Gasteiger partial charge in [0.2, 0.25) is 0 Å². The van der Waals surface area contributed by atoms with E-state index < -0.39 is 0 Å². The summed E-state index contributed by atoms with van der Waals surface area (Å²) in [5.74, 6) is 0.876. The van der Waals surface area contributed by atoms with Crippen molar-refractivity contribution < 1.29 is 0 Å². The van der Waals surface area contributed by atoms with Crippen LogP contribution in [0.5, 0.6) is 0 Å². The summed E-state index contributed by atoms with van der Waals surface area (Å²) in [5.41, 5.74) is 6.40. The van der Waals surface area contributed by atoms with E-state index in [1.807, 2.05) is 43.5 Å². The Morgan fingerprint density at radius 2 is 1.86 bits per heavy atom. The van der Waals surface area contributed by atoms with Crippen LogP contribution in [0.4, 0.5) is 0 Å². The zero-order valence-corrected chi connectivity index (χ0v) is 17.7. The zero-order valence-electron chi connectivity index (χ0n) is 16.9. The second-order valence-corrected chi connectivity index (χ2v) is 7.19. The lowest BCUT2D eigenvalue weighted by Gasteiger charge is -2.12. The van der Waals surface area contributed by atoms with Gasteiger partial charge in [0.1, 0.15) is 5.82 Å². The summed E-state index contributed by atoms with van der Waals surface area (Å²) in [6.07, 6.45) is 10.1. The Morgan fingerprint density at radius 3 is 2.43 bits per heavy atom. The fraction of sp³-hybridized carbons (Fsp3) is 0.250. The lowest BCUT2D eigenvalue weighted by molar-refractivity contribution is 1.02. The van der Waals surface area contributed by atoms with E-state index in [-0.39, 0.29) is 0 Å². The SMILES string of the molecule is C/C=C\c1nc(-c2ccc(CC)nc2)n(-c2ccc(Cl)cc2)c1/C=C(/C)CC. The van der Waals surface area contributed by atoms with Gasteiger partial charge < -0.3 is 0 Å². The third kappa shape index (κ3) is 4.26. The first-order chi connectivity index (χ1) is 13.6. The number of hydrogen-bond donors (Lipinski definition) is 0. The van der Waals surface area contributed by atoms with Crippen LogP contribution in [0.1, 0.15) is 51.2 Å². The Kier molecular flexibility index (Phi) is 6.48. The molecule has 0 amide bonds. The number of hydrogen-bond acceptors (Lipinski definition) is 2. The average molecular weight is 392 g/mol. The number of rotatable bonds is 6. The summed E-state index contributed by atoms with van der Waals surface area (Å²) in [5, 5.41) is 0.717. The van der Waals surface area contributed by atoms with Crippen molar-refractivity contribution in [2.75, 3.05) is 0 Å². The van der Waals surface area contributed by atoms with E-state index in [1.165, 1.54) is 5.57 Å². The van der Waals surface area contributed by atoms with Crippen LogP contribution in [0.2, 0.25) is 5.02 Å². The van der Waals surface area contributed by atoms with E-state index in [9.17, 15) is 0 Å². The van der Waals surface area contributed by atoms with Crippen LogP contribution in [-0.4, -0.2) is 14.5 Å². The molecule has 0 aliphatic carbocycles. The van der Waals surface area contributed by atoms with Crippen molar-refractivity contribution in [3.05, 3.63) is 76.3 Å². The van der Waals surface area contributed by atoms with Crippen LogP contribution in [0.15, 0.2) is 54.2 Å². The van der Waals surface area contributed by atoms with Gasteiger partial charge in [-0.2, -0.15) is 0 Å². The van der Waals surface area contributed by atoms with Crippen LogP contribution >= 0.6 is 11.6 Å². The molecule has 0 aliphatic rings. The summed E-state index contributed by atoms with van der Waals surface area (Å²) >= 11 is 6.13. The van der Waals surface area contributed by atoms with Gasteiger partial charge in [-0.25, -0.2) is 4.98 Å². The second-order valence-electron chi connectivity index (χ2n) is 6.75. The van der Waals surface area contributed by atoms with E-state index in [4.69, 9.17) is 16.6 Å². The Morgan fingerprint density at radius 1 is 1.11 bits per heavy atom. The predicted octanol–water partition coefficient (Wildman–Crippen LogP) is 7.00. The van der Waals surface area contributed by atoms with Gasteiger partial charge in [0, 0.05) is 28.2 Å². The van der Waals surface area contributed by atoms with Crippen molar-refractivity contribution in [3.8, 4) is 17.1 Å². The molecule has 2 heterocycles. The largest absolute Gasteiger partial charge is 0.292 e. The van der Waals surface area contributed by atoms with Gasteiger partial charge in [0.05, 0.1) is 11.4 Å². The van der Waals surface area contributed by atoms with Crippen molar-refractivity contribution >= 4 is 23.8 Å². The molecule has 0 saturated carbocycles. The molecule has 0 N–H and O–H groups in total. The van der Waals surface area contributed by atoms with Crippen molar-refractivity contribution in [1.82, 2.24) is 14.5 Å². The molecule has 0 unspecified atom stereocenters. The van der Waals surface area contributed by atoms with Gasteiger partial charge in [-0.15, -0.1) is 0 Å². The molecule has 3 aromatic rings. The molecule has 0 radical (unpaired) electrons. The molecule has 0 aliphatic heterocycles. The first-order valence-electron chi connectivity index (χ1n) is 9.71. The zero-order chi connectivity index (χ0) is 20.1. The highest BCUT2D eigenvalue weighted by atomic mass is 35.5. The van der Waals surface area contributed by atoms with Crippen molar-refractivity contribution in [2.24, 2.45) is 0 Å². The number of aromatic nitrogens is 3. The molecular weight excluding hydrogens is 366 g/mol. The van der Waals surface area contributed by atoms with Gasteiger partial charge in [0.25, 0.3) is 0 Å². The molecule has 144 valence electrons. The standard InChI is InChI=1S/C24H26ClN3/c1-5-8-22-23(15-17(4)6-2)28(21-13-10-19(25)11-14-21)24(27-22)18-9-12-20(7-3)26-16-18/h5,8-16H,6-7H2,1-4H3/b8-5-,17-15-. The summed E-state index contributed by atoms with van der Waals surface area (Å²) in [6, 6.07) is 12.0. The fourth-order valence-corrected chi connectivity index (χ4v) is 3.14. The highest BCUT2D eigenvalue weighted by Crippen LogP contribution is 2.30. The molecule has 0 bridgehead atoms. The number of pyridine rings is 1. The first-order valence-corrected chi connectivity index (χ1v) is 10.1. The normalized spacial score (nSPS) is 12.1. The Bertz CT molecular complexity index is 994. The van der Waals surface area contributed by atoms with Gasteiger partial charge in [-0.3, -0.25) is 9.55 Å². The lowest BCUT2D eigenvalue weighted by Crippen LogP contribution is -2.01. The third-order valence-electron chi connectivity index (χ3n) is 4.74. The molecule has 0 spiro atoms. The van der Waals surface area contributed by atoms with E-state index in [2.05, 4.69) is 54.6 Å². The molecular formula is C24H26ClN3. The molecule has 28 heavy (non-hydrogen) atoms. The highest BCUT2D eigenvalue weighted by Gasteiger charge is 2.17. The van der Waals surface area contributed by atoms with E-state index >= 15 is 0 Å². The quantitative estimate of drug-likeness (QED) is 0.453. The maximum Gasteiger partial charge on any atom is 0.147 e. The lowest BCUT2D eigenvalue weighted by atomic mass is 10.1. The molecule has 3 rings (SSSR count). The van der Waals surface area contributed by atoms with Gasteiger partial charge in [-0.05, 0) is 75.2 Å². The molecule has 2 aromatic heterocycles. The maximum absolute atomic E-state index is 6.13. The minimum absolute atomic E-state index is 0.717. The van der Waals surface area contributed by atoms with E-state index in [0.29, 0.717) is 0 Å². The number of nitrogens with zero attached hydrogens (tertiary/aromatic N) is 3. The number of benzene rings is 1. The minimum Gasteiger partial charge on any atom is -0.292 e. The van der Waals surface area contributed by atoms with Crippen LogP contribution in [-0.2, 0) is 6.42 Å². The Hall–Kier alpha value is -2.65. The van der Waals surface area contributed by atoms with E-state index in [1.54, 1.807) is 0 Å². The summed E-state index contributed by atoms with van der Waals surface area (Å²) < 4.78 is 2.19. The number of allylic oxidation sites excluding steroid dienone is 2. The summed E-state index contributed by atoms with van der Waals surface area (Å²) in [7, 11) is 0. The van der Waals surface area contributed by atoms with E-state index in [0.717, 1.165) is 52.0 Å². The molecule has 4 heteroatoms. The van der Waals surface area contributed by atoms with Gasteiger partial charge >= 0.3 is 0 Å². The summed E-state index contributed by atoms with van der Waals surface area (Å²) in [6.45, 7) is 8.43. The number of halogens is 1. The second kappa shape index (κ2) is 9.03. The molecule has 0 saturated heterocycles. The van der Waals surface area contributed by atoms with Gasteiger partial charge in [0.15, 0.2) is 0 Å². The molecule has 3 nitrogen and oxygen atoms in total. The monoisotopic (exact) mass is 391 g/mol. The van der Waals surface area contributed by atoms with Crippen LogP contribution < -0.4 is 0 Å². The van der Waals surface area contributed by atoms with Crippen molar-refractivity contribution in [2.45, 2.75) is 40.5 Å². The smallest absolute Gasteiger partial charge is 0.147 e. The average Bonchev–Trinajstić information content (AvgIpc) is 3.06. The maximum atomic E-state index is 6.13. The molecule has 0 atom stereocenters. The van der Waals surface area contributed by atoms with Crippen molar-refractivity contribution in [3.63, 3.8) is 0 Å². The molecule has 1 aromatic carbocycles. The van der Waals surface area contributed by atoms with Gasteiger partial charge in [-0.1, -0.05) is 37.1 Å². The Balaban J connectivity index is 2.30. The fourth-order valence-electron chi connectivity index (χ4n) is 3.02. The third-order valence-corrected chi connectivity index (χ3v) is 4.99. The summed E-state index contributed by atoms with van der Waals surface area (Å²) in [4.78, 5) is 9.55. The van der Waals surface area contributed by atoms with Crippen LogP contribution in [0.25, 0.3) is 29.2 Å². The Labute approximate surface area is 172 Å². The van der Waals surface area contributed by atoms with Crippen molar-refractivity contribution in [1.29, 1.82) is 0 Å². The number of aryl methyl sites for hydroxylation is 1. The van der Waals surface area contributed by atoms with Crippen LogP contribution in [0.3, 0.4) is 0 Å². The predicted molar refractivity (Wildman–Crippen MR) is 120 cm³/mol.